The number of aryl methyl sites for hydroxylation is 1. The SMILES string of the molecule is CC(CCCCc1ccc2oc(=O)ccc2c1)CCS(=O)(=O)C(C)C. The van der Waals surface area contributed by atoms with Gasteiger partial charge in [0.05, 0.1) is 11.0 Å². The van der Waals surface area contributed by atoms with Gasteiger partial charge in [-0.1, -0.05) is 25.8 Å². The average molecular weight is 365 g/mol. The Balaban J connectivity index is 1.75. The highest BCUT2D eigenvalue weighted by Gasteiger charge is 2.17. The number of benzene rings is 1. The van der Waals surface area contributed by atoms with Crippen molar-refractivity contribution < 1.29 is 12.8 Å². The highest BCUT2D eigenvalue weighted by Crippen LogP contribution is 2.18. The Bertz CT molecular complexity index is 849. The van der Waals surface area contributed by atoms with Crippen molar-refractivity contribution >= 4 is 20.8 Å². The summed E-state index contributed by atoms with van der Waals surface area (Å²) in [6, 6.07) is 9.16. The van der Waals surface area contributed by atoms with Crippen molar-refractivity contribution in [3.63, 3.8) is 0 Å². The molecule has 0 bridgehead atoms. The molecule has 1 heterocycles. The van der Waals surface area contributed by atoms with E-state index in [0.717, 1.165) is 37.5 Å². The van der Waals surface area contributed by atoms with Gasteiger partial charge in [-0.05, 0) is 62.8 Å². The van der Waals surface area contributed by atoms with Crippen LogP contribution in [0.15, 0.2) is 39.5 Å². The van der Waals surface area contributed by atoms with Gasteiger partial charge in [-0.2, -0.15) is 0 Å². The first kappa shape index (κ1) is 19.7. The summed E-state index contributed by atoms with van der Waals surface area (Å²) in [7, 11) is -2.92. The smallest absolute Gasteiger partial charge is 0.336 e. The molecule has 1 atom stereocenters. The lowest BCUT2D eigenvalue weighted by Crippen LogP contribution is -2.19. The summed E-state index contributed by atoms with van der Waals surface area (Å²) in [5.41, 5.74) is 1.53. The van der Waals surface area contributed by atoms with Crippen molar-refractivity contribution in [2.75, 3.05) is 5.75 Å². The fourth-order valence-corrected chi connectivity index (χ4v) is 4.05. The molecule has 0 aliphatic rings. The number of fused-ring (bicyclic) bond motifs is 1. The lowest BCUT2D eigenvalue weighted by Gasteiger charge is -2.13. The first-order valence-electron chi connectivity index (χ1n) is 9.02. The van der Waals surface area contributed by atoms with E-state index in [1.807, 2.05) is 12.1 Å². The molecule has 0 aliphatic heterocycles. The zero-order valence-corrected chi connectivity index (χ0v) is 16.1. The van der Waals surface area contributed by atoms with Crippen molar-refractivity contribution in [3.05, 3.63) is 46.3 Å². The first-order valence-corrected chi connectivity index (χ1v) is 10.7. The quantitative estimate of drug-likeness (QED) is 0.490. The molecule has 0 fully saturated rings. The molecule has 0 saturated heterocycles. The van der Waals surface area contributed by atoms with Gasteiger partial charge in [-0.25, -0.2) is 13.2 Å². The van der Waals surface area contributed by atoms with Gasteiger partial charge in [0.2, 0.25) is 0 Å². The molecule has 5 heteroatoms. The highest BCUT2D eigenvalue weighted by atomic mass is 32.2. The lowest BCUT2D eigenvalue weighted by atomic mass is 9.99. The standard InChI is InChI=1S/C20H28O4S/c1-15(2)25(22,23)13-12-16(3)6-4-5-7-17-8-10-19-18(14-17)9-11-20(21)24-19/h8-11,14-16H,4-7,12-13H2,1-3H3. The maximum Gasteiger partial charge on any atom is 0.336 e. The van der Waals surface area contributed by atoms with Gasteiger partial charge in [-0.3, -0.25) is 0 Å². The molecule has 0 aliphatic carbocycles. The van der Waals surface area contributed by atoms with Crippen LogP contribution in [0, 0.1) is 5.92 Å². The van der Waals surface area contributed by atoms with Gasteiger partial charge in [-0.15, -0.1) is 0 Å². The third-order valence-corrected chi connectivity index (χ3v) is 6.95. The van der Waals surface area contributed by atoms with E-state index in [-0.39, 0.29) is 10.9 Å². The second-order valence-corrected chi connectivity index (χ2v) is 9.86. The average Bonchev–Trinajstić information content (AvgIpc) is 2.57. The molecule has 0 radical (unpaired) electrons. The molecule has 25 heavy (non-hydrogen) atoms. The second-order valence-electron chi connectivity index (χ2n) is 7.18. The Morgan fingerprint density at radius 2 is 1.76 bits per heavy atom. The summed E-state index contributed by atoms with van der Waals surface area (Å²) in [6.07, 6.45) is 4.94. The topological polar surface area (TPSA) is 64.3 Å². The molecule has 138 valence electrons. The fraction of sp³-hybridized carbons (Fsp3) is 0.550. The monoisotopic (exact) mass is 364 g/mol. The predicted octanol–water partition coefficient (Wildman–Crippen LogP) is 4.36. The van der Waals surface area contributed by atoms with Crippen molar-refractivity contribution in [1.82, 2.24) is 0 Å². The number of rotatable bonds is 9. The number of sulfone groups is 1. The van der Waals surface area contributed by atoms with Gasteiger partial charge >= 0.3 is 5.63 Å². The van der Waals surface area contributed by atoms with Crippen molar-refractivity contribution in [3.8, 4) is 0 Å². The highest BCUT2D eigenvalue weighted by molar-refractivity contribution is 7.91. The third-order valence-electron chi connectivity index (χ3n) is 4.71. The van der Waals surface area contributed by atoms with Crippen LogP contribution in [-0.2, 0) is 16.3 Å². The molecule has 2 rings (SSSR count). The van der Waals surface area contributed by atoms with Crippen LogP contribution in [0.5, 0.6) is 0 Å². The molecule has 0 amide bonds. The summed E-state index contributed by atoms with van der Waals surface area (Å²) in [5.74, 6) is 0.723. The van der Waals surface area contributed by atoms with Crippen LogP contribution in [-0.4, -0.2) is 19.4 Å². The van der Waals surface area contributed by atoms with E-state index in [2.05, 4.69) is 13.0 Å². The summed E-state index contributed by atoms with van der Waals surface area (Å²) in [6.45, 7) is 5.62. The Kier molecular flexibility index (Phi) is 6.82. The van der Waals surface area contributed by atoms with Crippen LogP contribution in [0.3, 0.4) is 0 Å². The van der Waals surface area contributed by atoms with Crippen LogP contribution in [0.1, 0.15) is 52.0 Å². The normalized spacial score (nSPS) is 13.4. The van der Waals surface area contributed by atoms with Gasteiger partial charge in [0.1, 0.15) is 5.58 Å². The van der Waals surface area contributed by atoms with Crippen LogP contribution in [0.4, 0.5) is 0 Å². The van der Waals surface area contributed by atoms with E-state index in [9.17, 15) is 13.2 Å². The molecular formula is C20H28O4S. The second kappa shape index (κ2) is 8.65. The van der Waals surface area contributed by atoms with Crippen LogP contribution < -0.4 is 5.63 Å². The van der Waals surface area contributed by atoms with E-state index < -0.39 is 9.84 Å². The lowest BCUT2D eigenvalue weighted by molar-refractivity contribution is 0.480. The molecule has 1 aromatic heterocycles. The molecule has 0 N–H and O–H groups in total. The Morgan fingerprint density at radius 1 is 1.00 bits per heavy atom. The summed E-state index contributed by atoms with van der Waals surface area (Å²) < 4.78 is 28.8. The van der Waals surface area contributed by atoms with Gasteiger partial charge < -0.3 is 4.42 Å². The van der Waals surface area contributed by atoms with E-state index in [4.69, 9.17) is 4.42 Å². The van der Waals surface area contributed by atoms with Crippen molar-refractivity contribution in [1.29, 1.82) is 0 Å². The van der Waals surface area contributed by atoms with Gasteiger partial charge in [0.25, 0.3) is 0 Å². The van der Waals surface area contributed by atoms with Crippen molar-refractivity contribution in [2.45, 2.75) is 58.1 Å². The van der Waals surface area contributed by atoms with Crippen LogP contribution >= 0.6 is 0 Å². The predicted molar refractivity (Wildman–Crippen MR) is 103 cm³/mol. The number of hydrogen-bond acceptors (Lipinski definition) is 4. The largest absolute Gasteiger partial charge is 0.423 e. The Morgan fingerprint density at radius 3 is 2.48 bits per heavy atom. The minimum atomic E-state index is -2.92. The summed E-state index contributed by atoms with van der Waals surface area (Å²) in [5, 5.41) is 0.668. The molecule has 1 unspecified atom stereocenters. The molecule has 0 spiro atoms. The maximum absolute atomic E-state index is 11.9. The zero-order chi connectivity index (χ0) is 18.4. The minimum absolute atomic E-state index is 0.281. The molecule has 1 aromatic carbocycles. The molecule has 0 saturated carbocycles. The van der Waals surface area contributed by atoms with Crippen molar-refractivity contribution in [2.24, 2.45) is 5.92 Å². The Labute approximate surface area is 150 Å². The van der Waals surface area contributed by atoms with Gasteiger partial charge in [0, 0.05) is 11.5 Å². The molecule has 2 aromatic rings. The van der Waals surface area contributed by atoms with E-state index in [0.29, 0.717) is 17.3 Å². The fourth-order valence-electron chi connectivity index (χ4n) is 2.84. The van der Waals surface area contributed by atoms with Crippen LogP contribution in [0.25, 0.3) is 11.0 Å². The summed E-state index contributed by atoms with van der Waals surface area (Å²) in [4.78, 5) is 11.2. The Hall–Kier alpha value is -1.62. The van der Waals surface area contributed by atoms with E-state index in [1.54, 1.807) is 19.9 Å². The third kappa shape index (κ3) is 5.99. The zero-order valence-electron chi connectivity index (χ0n) is 15.3. The number of hydrogen-bond donors (Lipinski definition) is 0. The minimum Gasteiger partial charge on any atom is -0.423 e. The maximum atomic E-state index is 11.9. The molecule has 4 nitrogen and oxygen atoms in total. The van der Waals surface area contributed by atoms with Crippen LogP contribution in [0.2, 0.25) is 0 Å². The molecular weight excluding hydrogens is 336 g/mol. The van der Waals surface area contributed by atoms with E-state index >= 15 is 0 Å². The number of unbranched alkanes of at least 4 members (excludes halogenated alkanes) is 1. The summed E-state index contributed by atoms with van der Waals surface area (Å²) >= 11 is 0. The van der Waals surface area contributed by atoms with Gasteiger partial charge in [0.15, 0.2) is 9.84 Å². The van der Waals surface area contributed by atoms with E-state index in [1.165, 1.54) is 11.6 Å². The first-order chi connectivity index (χ1) is 11.8.